The molecule has 1 aliphatic rings. The van der Waals surface area contributed by atoms with E-state index < -0.39 is 0 Å². The molecule has 0 spiro atoms. The van der Waals surface area contributed by atoms with Crippen molar-refractivity contribution >= 4 is 35.5 Å². The maximum atomic E-state index is 12.9. The fraction of sp³-hybridized carbons (Fsp3) is 0.231. The summed E-state index contributed by atoms with van der Waals surface area (Å²) in [5, 5.41) is 7.70. The molecular formula is C13H11FN6OS. The first kappa shape index (κ1) is 13.3. The van der Waals surface area contributed by atoms with Gasteiger partial charge in [0.2, 0.25) is 0 Å². The fourth-order valence-corrected chi connectivity index (χ4v) is 3.14. The van der Waals surface area contributed by atoms with Gasteiger partial charge in [-0.2, -0.15) is 5.10 Å². The second kappa shape index (κ2) is 5.09. The number of carbonyl (C=O) groups excluding carboxylic acids is 1. The summed E-state index contributed by atoms with van der Waals surface area (Å²) in [4.78, 5) is 21.6. The van der Waals surface area contributed by atoms with E-state index in [1.54, 1.807) is 12.3 Å². The summed E-state index contributed by atoms with van der Waals surface area (Å²) in [6.07, 6.45) is 4.55. The van der Waals surface area contributed by atoms with Crippen LogP contribution in [0.3, 0.4) is 0 Å². The van der Waals surface area contributed by atoms with Gasteiger partial charge in [-0.1, -0.05) is 0 Å². The molecule has 3 aromatic heterocycles. The molecule has 1 aliphatic heterocycles. The van der Waals surface area contributed by atoms with Gasteiger partial charge in [0.25, 0.3) is 0 Å². The van der Waals surface area contributed by atoms with Crippen molar-refractivity contribution in [2.75, 3.05) is 11.4 Å². The number of hydrogen-bond donors (Lipinski definition) is 1. The van der Waals surface area contributed by atoms with Crippen molar-refractivity contribution in [3.05, 3.63) is 35.5 Å². The third kappa shape index (κ3) is 1.89. The van der Waals surface area contributed by atoms with Crippen LogP contribution in [0.5, 0.6) is 0 Å². The second-order valence-electron chi connectivity index (χ2n) is 5.00. The summed E-state index contributed by atoms with van der Waals surface area (Å²) in [7, 11) is 0. The first-order valence-corrected chi connectivity index (χ1v) is 7.36. The lowest BCUT2D eigenvalue weighted by atomic mass is 10.1. The number of H-pyrrole nitrogens is 1. The van der Waals surface area contributed by atoms with E-state index in [-0.39, 0.29) is 12.3 Å². The van der Waals surface area contributed by atoms with Crippen LogP contribution in [-0.4, -0.2) is 37.0 Å². The molecule has 4 rings (SSSR count). The molecule has 4 heterocycles. The van der Waals surface area contributed by atoms with E-state index in [9.17, 15) is 8.68 Å². The second-order valence-corrected chi connectivity index (χ2v) is 5.53. The summed E-state index contributed by atoms with van der Waals surface area (Å²) in [5.41, 5.74) is 2.85. The molecule has 0 saturated carbocycles. The number of halogens is 1. The van der Waals surface area contributed by atoms with Gasteiger partial charge in [-0.3, -0.25) is 9.89 Å². The molecule has 0 bridgehead atoms. The Kier molecular flexibility index (Phi) is 3.07. The predicted molar refractivity (Wildman–Crippen MR) is 80.4 cm³/mol. The molecule has 112 valence electrons. The highest BCUT2D eigenvalue weighted by Crippen LogP contribution is 2.30. The lowest BCUT2D eigenvalue weighted by Gasteiger charge is -2.28. The highest BCUT2D eigenvalue weighted by molar-refractivity contribution is 7.92. The number of aromatic nitrogens is 5. The Hall–Kier alpha value is -2.42. The Morgan fingerprint density at radius 1 is 1.41 bits per heavy atom. The van der Waals surface area contributed by atoms with E-state index in [2.05, 4.69) is 25.1 Å². The average molecular weight is 318 g/mol. The number of nitrogens with zero attached hydrogens (tertiary/aromatic N) is 5. The highest BCUT2D eigenvalue weighted by Gasteiger charge is 2.24. The quantitative estimate of drug-likeness (QED) is 0.743. The summed E-state index contributed by atoms with van der Waals surface area (Å²) in [6.45, 7) is 1.29. The zero-order chi connectivity index (χ0) is 15.1. The molecule has 0 unspecified atom stereocenters. The van der Waals surface area contributed by atoms with Crippen molar-refractivity contribution in [3.8, 4) is 0 Å². The van der Waals surface area contributed by atoms with Crippen molar-refractivity contribution < 1.29 is 8.68 Å². The first-order chi connectivity index (χ1) is 10.8. The van der Waals surface area contributed by atoms with Crippen molar-refractivity contribution in [3.63, 3.8) is 0 Å². The Morgan fingerprint density at radius 2 is 2.32 bits per heavy atom. The minimum absolute atomic E-state index is 0.103. The van der Waals surface area contributed by atoms with Gasteiger partial charge in [0.15, 0.2) is 24.3 Å². The molecule has 0 radical (unpaired) electrons. The zero-order valence-electron chi connectivity index (χ0n) is 11.4. The smallest absolute Gasteiger partial charge is 0.171 e. The van der Waals surface area contributed by atoms with Crippen molar-refractivity contribution in [2.24, 2.45) is 0 Å². The molecule has 0 atom stereocenters. The molecule has 9 heteroatoms. The van der Waals surface area contributed by atoms with Crippen LogP contribution in [-0.2, 0) is 13.0 Å². The standard InChI is InChI=1S/C13H11FN6OS/c14-22-20-4-1-8-12(15-7-16-13(8)20)19-3-2-10-9(5-19)11(6-21)18-17-10/h1,4,6-7H,2-3,5H2,(H,17,18). The number of fused-ring (bicyclic) bond motifs is 2. The maximum absolute atomic E-state index is 12.9. The van der Waals surface area contributed by atoms with Gasteiger partial charge in [-0.15, -0.1) is 3.89 Å². The maximum Gasteiger partial charge on any atom is 0.171 e. The minimum Gasteiger partial charge on any atom is -0.351 e. The summed E-state index contributed by atoms with van der Waals surface area (Å²) in [6, 6.07) is 1.79. The van der Waals surface area contributed by atoms with Gasteiger partial charge in [0.1, 0.15) is 17.8 Å². The van der Waals surface area contributed by atoms with E-state index in [1.807, 2.05) is 0 Å². The number of hydrogen-bond acceptors (Lipinski definition) is 6. The van der Waals surface area contributed by atoms with Gasteiger partial charge in [-0.25, -0.2) is 13.9 Å². The predicted octanol–water partition coefficient (Wildman–Crippen LogP) is 1.91. The lowest BCUT2D eigenvalue weighted by Crippen LogP contribution is -2.31. The Bertz CT molecular complexity index is 859. The SMILES string of the molecule is O=Cc1n[nH]c2c1CN(c1ncnc3c1ccn3SF)CC2. The van der Waals surface area contributed by atoms with Gasteiger partial charge in [0.05, 0.1) is 5.39 Å². The Balaban J connectivity index is 1.77. The van der Waals surface area contributed by atoms with Gasteiger partial charge >= 0.3 is 0 Å². The molecule has 3 aromatic rings. The van der Waals surface area contributed by atoms with Gasteiger partial charge in [0, 0.05) is 37.0 Å². The number of nitrogens with one attached hydrogen (secondary N) is 1. The van der Waals surface area contributed by atoms with Gasteiger partial charge in [-0.05, 0) is 6.07 Å². The van der Waals surface area contributed by atoms with Crippen LogP contribution < -0.4 is 4.90 Å². The van der Waals surface area contributed by atoms with E-state index >= 15 is 0 Å². The van der Waals surface area contributed by atoms with Crippen LogP contribution in [0.2, 0.25) is 0 Å². The molecule has 0 saturated heterocycles. The summed E-state index contributed by atoms with van der Waals surface area (Å²) < 4.78 is 14.2. The number of carbonyl (C=O) groups is 1. The average Bonchev–Trinajstić information content (AvgIpc) is 3.17. The van der Waals surface area contributed by atoms with Crippen molar-refractivity contribution in [1.82, 2.24) is 24.1 Å². The van der Waals surface area contributed by atoms with Crippen molar-refractivity contribution in [1.29, 1.82) is 0 Å². The third-order valence-corrected chi connectivity index (χ3v) is 4.32. The topological polar surface area (TPSA) is 79.7 Å². The number of rotatable bonds is 3. The van der Waals surface area contributed by atoms with Crippen molar-refractivity contribution in [2.45, 2.75) is 13.0 Å². The number of anilines is 1. The summed E-state index contributed by atoms with van der Waals surface area (Å²) in [5.74, 6) is 0.737. The van der Waals surface area contributed by atoms with E-state index in [4.69, 9.17) is 0 Å². The van der Waals surface area contributed by atoms with Crippen LogP contribution in [0, 0.1) is 0 Å². The zero-order valence-corrected chi connectivity index (χ0v) is 12.2. The molecule has 1 N–H and O–H groups in total. The number of aldehydes is 1. The van der Waals surface area contributed by atoms with Crippen LogP contribution in [0.4, 0.5) is 9.70 Å². The largest absolute Gasteiger partial charge is 0.351 e. The molecular weight excluding hydrogens is 307 g/mol. The monoisotopic (exact) mass is 318 g/mol. The summed E-state index contributed by atoms with van der Waals surface area (Å²) >= 11 is 0.103. The highest BCUT2D eigenvalue weighted by atomic mass is 32.2. The Labute approximate surface area is 129 Å². The van der Waals surface area contributed by atoms with Crippen LogP contribution >= 0.6 is 12.3 Å². The molecule has 22 heavy (non-hydrogen) atoms. The first-order valence-electron chi connectivity index (χ1n) is 6.69. The molecule has 7 nitrogen and oxygen atoms in total. The van der Waals surface area contributed by atoms with E-state index in [1.165, 1.54) is 10.3 Å². The van der Waals surface area contributed by atoms with E-state index in [0.29, 0.717) is 17.9 Å². The van der Waals surface area contributed by atoms with E-state index in [0.717, 1.165) is 41.7 Å². The van der Waals surface area contributed by atoms with Crippen LogP contribution in [0.25, 0.3) is 11.0 Å². The number of aromatic amines is 1. The van der Waals surface area contributed by atoms with Gasteiger partial charge < -0.3 is 4.90 Å². The van der Waals surface area contributed by atoms with Crippen LogP contribution in [0.1, 0.15) is 21.7 Å². The normalized spacial score (nSPS) is 14.3. The van der Waals surface area contributed by atoms with Crippen LogP contribution in [0.15, 0.2) is 18.6 Å². The molecule has 0 aromatic carbocycles. The minimum atomic E-state index is 0.103. The molecule has 0 fully saturated rings. The fourth-order valence-electron chi connectivity index (χ4n) is 2.82. The molecule has 0 amide bonds. The molecule has 0 aliphatic carbocycles. The Morgan fingerprint density at radius 3 is 3.14 bits per heavy atom. The lowest BCUT2D eigenvalue weighted by molar-refractivity contribution is 0.111. The third-order valence-electron chi connectivity index (χ3n) is 3.88.